The number of rotatable bonds is 3. The van der Waals surface area contributed by atoms with Crippen molar-refractivity contribution in [1.29, 1.82) is 0 Å². The van der Waals surface area contributed by atoms with Crippen molar-refractivity contribution < 1.29 is 8.78 Å². The summed E-state index contributed by atoms with van der Waals surface area (Å²) in [6, 6.07) is 5.72. The van der Waals surface area contributed by atoms with E-state index in [0.29, 0.717) is 12.2 Å². The maximum absolute atomic E-state index is 13.7. The Hall–Kier alpha value is -2.24. The fraction of sp³-hybridized carbons (Fsp3) is 0.167. The van der Waals surface area contributed by atoms with Crippen LogP contribution in [0.5, 0.6) is 0 Å². The molecule has 0 bridgehead atoms. The average Bonchev–Trinajstić information content (AvgIpc) is 2.37. The zero-order chi connectivity index (χ0) is 13.1. The van der Waals surface area contributed by atoms with Gasteiger partial charge < -0.3 is 10.6 Å². The van der Waals surface area contributed by atoms with E-state index in [4.69, 9.17) is 5.73 Å². The molecule has 0 amide bonds. The monoisotopic (exact) mass is 250 g/mol. The van der Waals surface area contributed by atoms with E-state index in [1.165, 1.54) is 12.1 Å². The van der Waals surface area contributed by atoms with Crippen LogP contribution < -0.4 is 10.6 Å². The molecule has 0 saturated heterocycles. The number of nitrogen functional groups attached to an aromatic ring is 1. The minimum Gasteiger partial charge on any atom is -0.368 e. The van der Waals surface area contributed by atoms with Crippen LogP contribution in [0.2, 0.25) is 0 Å². The summed E-state index contributed by atoms with van der Waals surface area (Å²) < 4.78 is 26.5. The number of halogens is 2. The molecule has 0 aliphatic rings. The van der Waals surface area contributed by atoms with Gasteiger partial charge >= 0.3 is 0 Å². The Labute approximate surface area is 103 Å². The van der Waals surface area contributed by atoms with Crippen molar-refractivity contribution in [3.05, 3.63) is 42.1 Å². The van der Waals surface area contributed by atoms with Gasteiger partial charge in [0.05, 0.1) is 6.20 Å². The second kappa shape index (κ2) is 4.95. The molecule has 1 aromatic heterocycles. The van der Waals surface area contributed by atoms with E-state index in [1.54, 1.807) is 17.0 Å². The van der Waals surface area contributed by atoms with Crippen LogP contribution in [0.15, 0.2) is 30.5 Å². The molecule has 0 fully saturated rings. The average molecular weight is 250 g/mol. The molecule has 18 heavy (non-hydrogen) atoms. The summed E-state index contributed by atoms with van der Waals surface area (Å²) in [5.41, 5.74) is 6.08. The molecule has 6 heteroatoms. The van der Waals surface area contributed by atoms with Crippen LogP contribution in [0.3, 0.4) is 0 Å². The van der Waals surface area contributed by atoms with Crippen LogP contribution >= 0.6 is 0 Å². The molecule has 0 spiro atoms. The zero-order valence-corrected chi connectivity index (χ0v) is 9.77. The molecule has 2 N–H and O–H groups in total. The van der Waals surface area contributed by atoms with Crippen molar-refractivity contribution in [3.63, 3.8) is 0 Å². The van der Waals surface area contributed by atoms with E-state index in [-0.39, 0.29) is 17.6 Å². The van der Waals surface area contributed by atoms with Crippen LogP contribution in [0.4, 0.5) is 26.2 Å². The van der Waals surface area contributed by atoms with E-state index in [0.717, 1.165) is 6.20 Å². The van der Waals surface area contributed by atoms with Crippen LogP contribution in [-0.4, -0.2) is 16.5 Å². The molecule has 0 aliphatic carbocycles. The van der Waals surface area contributed by atoms with E-state index >= 15 is 0 Å². The van der Waals surface area contributed by atoms with Gasteiger partial charge in [-0.3, -0.25) is 0 Å². The number of nitrogens with zero attached hydrogens (tertiary/aromatic N) is 3. The number of benzene rings is 1. The Bertz CT molecular complexity index is 542. The zero-order valence-electron chi connectivity index (χ0n) is 9.77. The normalized spacial score (nSPS) is 10.4. The molecule has 0 saturated carbocycles. The number of hydrogen-bond acceptors (Lipinski definition) is 4. The predicted octanol–water partition coefficient (Wildman–Crippen LogP) is 2.50. The molecule has 0 atom stereocenters. The number of anilines is 3. The summed E-state index contributed by atoms with van der Waals surface area (Å²) in [6.07, 6.45) is 1.02. The first kappa shape index (κ1) is 12.2. The first-order chi connectivity index (χ1) is 8.61. The summed E-state index contributed by atoms with van der Waals surface area (Å²) >= 11 is 0. The van der Waals surface area contributed by atoms with Gasteiger partial charge in [-0.1, -0.05) is 0 Å². The first-order valence-electron chi connectivity index (χ1n) is 5.43. The highest BCUT2D eigenvalue weighted by molar-refractivity contribution is 5.60. The van der Waals surface area contributed by atoms with E-state index in [2.05, 4.69) is 9.97 Å². The molecule has 94 valence electrons. The Morgan fingerprint density at radius 3 is 2.50 bits per heavy atom. The third kappa shape index (κ3) is 2.37. The lowest BCUT2D eigenvalue weighted by molar-refractivity contribution is 0.612. The SMILES string of the molecule is CCN(c1ccc(F)cc1)c1nc(N)ncc1F. The van der Waals surface area contributed by atoms with Gasteiger partial charge in [-0.15, -0.1) is 0 Å². The summed E-state index contributed by atoms with van der Waals surface area (Å²) in [7, 11) is 0. The van der Waals surface area contributed by atoms with Crippen LogP contribution in [0, 0.1) is 11.6 Å². The van der Waals surface area contributed by atoms with Gasteiger partial charge in [-0.25, -0.2) is 13.8 Å². The van der Waals surface area contributed by atoms with Crippen molar-refractivity contribution in [3.8, 4) is 0 Å². The molecular formula is C12H12F2N4. The van der Waals surface area contributed by atoms with E-state index in [9.17, 15) is 8.78 Å². The molecule has 0 radical (unpaired) electrons. The molecular weight excluding hydrogens is 238 g/mol. The predicted molar refractivity (Wildman–Crippen MR) is 65.5 cm³/mol. The second-order valence-electron chi connectivity index (χ2n) is 3.62. The number of nitrogens with two attached hydrogens (primary N) is 1. The third-order valence-electron chi connectivity index (χ3n) is 2.45. The van der Waals surface area contributed by atoms with Gasteiger partial charge in [0.2, 0.25) is 5.95 Å². The lowest BCUT2D eigenvalue weighted by atomic mass is 10.2. The summed E-state index contributed by atoms with van der Waals surface area (Å²) in [5, 5.41) is 0. The Kier molecular flexibility index (Phi) is 3.36. The second-order valence-corrected chi connectivity index (χ2v) is 3.62. The van der Waals surface area contributed by atoms with Gasteiger partial charge in [0.15, 0.2) is 11.6 Å². The molecule has 1 heterocycles. The summed E-state index contributed by atoms with van der Waals surface area (Å²) in [6.45, 7) is 2.31. The van der Waals surface area contributed by atoms with Crippen molar-refractivity contribution in [1.82, 2.24) is 9.97 Å². The third-order valence-corrected chi connectivity index (χ3v) is 2.45. The fourth-order valence-electron chi connectivity index (χ4n) is 1.64. The number of aromatic nitrogens is 2. The van der Waals surface area contributed by atoms with Crippen molar-refractivity contribution in [2.45, 2.75) is 6.92 Å². The highest BCUT2D eigenvalue weighted by atomic mass is 19.1. The van der Waals surface area contributed by atoms with E-state index < -0.39 is 5.82 Å². The molecule has 0 aliphatic heterocycles. The molecule has 1 aromatic carbocycles. The summed E-state index contributed by atoms with van der Waals surface area (Å²) in [5.74, 6) is -0.851. The molecule has 2 rings (SSSR count). The van der Waals surface area contributed by atoms with Crippen LogP contribution in [0.25, 0.3) is 0 Å². The first-order valence-corrected chi connectivity index (χ1v) is 5.43. The minimum atomic E-state index is -0.574. The highest BCUT2D eigenvalue weighted by Gasteiger charge is 2.14. The van der Waals surface area contributed by atoms with Crippen molar-refractivity contribution in [2.75, 3.05) is 17.2 Å². The standard InChI is InChI=1S/C12H12F2N4/c1-2-18(9-5-3-8(13)4-6-9)11-10(14)7-16-12(15)17-11/h3-7H,2H2,1H3,(H2,15,16,17). The number of hydrogen-bond donors (Lipinski definition) is 1. The maximum Gasteiger partial charge on any atom is 0.222 e. The van der Waals surface area contributed by atoms with Gasteiger partial charge in [-0.05, 0) is 31.2 Å². The Morgan fingerprint density at radius 1 is 1.22 bits per heavy atom. The lowest BCUT2D eigenvalue weighted by Crippen LogP contribution is -2.19. The minimum absolute atomic E-state index is 0.00744. The van der Waals surface area contributed by atoms with Gasteiger partial charge in [-0.2, -0.15) is 4.98 Å². The highest BCUT2D eigenvalue weighted by Crippen LogP contribution is 2.25. The summed E-state index contributed by atoms with van der Waals surface area (Å²) in [4.78, 5) is 9.03. The topological polar surface area (TPSA) is 55.0 Å². The van der Waals surface area contributed by atoms with Gasteiger partial charge in [0.1, 0.15) is 5.82 Å². The van der Waals surface area contributed by atoms with Gasteiger partial charge in [0, 0.05) is 12.2 Å². The van der Waals surface area contributed by atoms with E-state index in [1.807, 2.05) is 6.92 Å². The quantitative estimate of drug-likeness (QED) is 0.909. The smallest absolute Gasteiger partial charge is 0.222 e. The van der Waals surface area contributed by atoms with Crippen LogP contribution in [0.1, 0.15) is 6.92 Å². The molecule has 2 aromatic rings. The Morgan fingerprint density at radius 2 is 1.89 bits per heavy atom. The maximum atomic E-state index is 13.7. The van der Waals surface area contributed by atoms with Gasteiger partial charge in [0.25, 0.3) is 0 Å². The molecule has 0 unspecified atom stereocenters. The lowest BCUT2D eigenvalue weighted by Gasteiger charge is -2.22. The largest absolute Gasteiger partial charge is 0.368 e. The molecule has 4 nitrogen and oxygen atoms in total. The Balaban J connectivity index is 2.44. The van der Waals surface area contributed by atoms with Crippen molar-refractivity contribution >= 4 is 17.5 Å². The fourth-order valence-corrected chi connectivity index (χ4v) is 1.64. The van der Waals surface area contributed by atoms with Crippen molar-refractivity contribution in [2.24, 2.45) is 0 Å². The van der Waals surface area contributed by atoms with Crippen LogP contribution in [-0.2, 0) is 0 Å².